The van der Waals surface area contributed by atoms with Crippen LogP contribution in [0.3, 0.4) is 0 Å². The van der Waals surface area contributed by atoms with E-state index >= 15 is 0 Å². The van der Waals surface area contributed by atoms with Crippen LogP contribution in [-0.2, 0) is 0 Å². The molecule has 0 bridgehead atoms. The fourth-order valence-electron chi connectivity index (χ4n) is 2.29. The second-order valence-electron chi connectivity index (χ2n) is 4.99. The molecule has 1 aliphatic carbocycles. The van der Waals surface area contributed by atoms with Gasteiger partial charge in [0, 0.05) is 6.04 Å². The number of nitrogens with two attached hydrogens (primary N) is 1. The molecule has 0 amide bonds. The number of rotatable bonds is 6. The van der Waals surface area contributed by atoms with Crippen molar-refractivity contribution < 1.29 is 0 Å². The van der Waals surface area contributed by atoms with Crippen LogP contribution in [0.1, 0.15) is 65.2 Å². The van der Waals surface area contributed by atoms with Crippen molar-refractivity contribution in [2.45, 2.75) is 77.3 Å². The van der Waals surface area contributed by atoms with Crippen molar-refractivity contribution in [2.24, 2.45) is 10.7 Å². The highest BCUT2D eigenvalue weighted by Gasteiger charge is 2.14. The molecular weight excluding hydrogens is 198 g/mol. The Morgan fingerprint density at radius 2 is 2.06 bits per heavy atom. The maximum absolute atomic E-state index is 5.90. The zero-order chi connectivity index (χ0) is 11.8. The summed E-state index contributed by atoms with van der Waals surface area (Å²) >= 11 is 0. The number of nitrogens with zero attached hydrogens (tertiary/aromatic N) is 1. The Kier molecular flexibility index (Phi) is 6.27. The first kappa shape index (κ1) is 13.3. The van der Waals surface area contributed by atoms with Gasteiger partial charge in [-0.3, -0.25) is 4.99 Å². The largest absolute Gasteiger partial charge is 0.370 e. The first-order valence-electron chi connectivity index (χ1n) is 6.82. The monoisotopic (exact) mass is 225 g/mol. The summed E-state index contributed by atoms with van der Waals surface area (Å²) in [5.41, 5.74) is 5.90. The van der Waals surface area contributed by atoms with E-state index < -0.39 is 0 Å². The van der Waals surface area contributed by atoms with Crippen LogP contribution in [0.4, 0.5) is 0 Å². The van der Waals surface area contributed by atoms with Crippen molar-refractivity contribution in [1.82, 2.24) is 5.32 Å². The van der Waals surface area contributed by atoms with Crippen LogP contribution in [0.25, 0.3) is 0 Å². The topological polar surface area (TPSA) is 50.4 Å². The molecule has 1 aliphatic rings. The van der Waals surface area contributed by atoms with E-state index in [1.165, 1.54) is 51.4 Å². The van der Waals surface area contributed by atoms with E-state index in [0.717, 1.165) is 0 Å². The lowest BCUT2D eigenvalue weighted by molar-refractivity contribution is 0.549. The third-order valence-electron chi connectivity index (χ3n) is 3.28. The Balaban J connectivity index is 2.18. The fourth-order valence-corrected chi connectivity index (χ4v) is 2.29. The van der Waals surface area contributed by atoms with Gasteiger partial charge in [-0.2, -0.15) is 0 Å². The standard InChI is InChI=1S/C13H27N3/c1-3-4-5-8-11(2)15-13(14)16-12-9-6-7-10-12/h11-12H,3-10H2,1-2H3,(H3,14,15,16). The van der Waals surface area contributed by atoms with Gasteiger partial charge in [0.1, 0.15) is 0 Å². The molecule has 0 aromatic carbocycles. The summed E-state index contributed by atoms with van der Waals surface area (Å²) in [4.78, 5) is 4.53. The minimum Gasteiger partial charge on any atom is -0.370 e. The van der Waals surface area contributed by atoms with Crippen molar-refractivity contribution in [3.8, 4) is 0 Å². The quantitative estimate of drug-likeness (QED) is 0.415. The molecule has 3 heteroatoms. The average molecular weight is 225 g/mol. The number of hydrogen-bond acceptors (Lipinski definition) is 1. The lowest BCUT2D eigenvalue weighted by atomic mass is 10.1. The molecular formula is C13H27N3. The Bertz CT molecular complexity index is 207. The second-order valence-corrected chi connectivity index (χ2v) is 4.99. The fraction of sp³-hybridized carbons (Fsp3) is 0.923. The molecule has 0 aromatic rings. The molecule has 0 radical (unpaired) electrons. The van der Waals surface area contributed by atoms with Crippen LogP contribution in [-0.4, -0.2) is 18.0 Å². The summed E-state index contributed by atoms with van der Waals surface area (Å²) in [6, 6.07) is 0.937. The molecule has 1 unspecified atom stereocenters. The molecule has 0 spiro atoms. The molecule has 0 heterocycles. The lowest BCUT2D eigenvalue weighted by Crippen LogP contribution is -2.39. The normalized spacial score (nSPS) is 20.0. The third-order valence-corrected chi connectivity index (χ3v) is 3.28. The zero-order valence-electron chi connectivity index (χ0n) is 10.8. The lowest BCUT2D eigenvalue weighted by Gasteiger charge is -2.15. The van der Waals surface area contributed by atoms with Gasteiger partial charge < -0.3 is 11.1 Å². The van der Waals surface area contributed by atoms with Gasteiger partial charge in [0.05, 0.1) is 6.04 Å². The van der Waals surface area contributed by atoms with Crippen LogP contribution in [0.15, 0.2) is 4.99 Å². The smallest absolute Gasteiger partial charge is 0.189 e. The van der Waals surface area contributed by atoms with E-state index in [9.17, 15) is 0 Å². The van der Waals surface area contributed by atoms with Crippen molar-refractivity contribution in [3.05, 3.63) is 0 Å². The number of guanidine groups is 1. The highest BCUT2D eigenvalue weighted by molar-refractivity contribution is 5.78. The van der Waals surface area contributed by atoms with Gasteiger partial charge >= 0.3 is 0 Å². The summed E-state index contributed by atoms with van der Waals surface area (Å²) in [6.45, 7) is 4.42. The molecule has 94 valence electrons. The molecule has 0 aliphatic heterocycles. The Morgan fingerprint density at radius 1 is 1.38 bits per heavy atom. The van der Waals surface area contributed by atoms with E-state index in [4.69, 9.17) is 5.73 Å². The molecule has 3 N–H and O–H groups in total. The van der Waals surface area contributed by atoms with Gasteiger partial charge in [0.25, 0.3) is 0 Å². The number of nitrogens with one attached hydrogen (secondary N) is 1. The van der Waals surface area contributed by atoms with E-state index in [1.807, 2.05) is 0 Å². The molecule has 1 rings (SSSR count). The third kappa shape index (κ3) is 5.38. The number of aliphatic imine (C=N–C) groups is 1. The van der Waals surface area contributed by atoms with E-state index in [1.54, 1.807) is 0 Å². The average Bonchev–Trinajstić information content (AvgIpc) is 2.70. The minimum absolute atomic E-state index is 0.455. The van der Waals surface area contributed by atoms with Crippen molar-refractivity contribution in [2.75, 3.05) is 0 Å². The summed E-state index contributed by atoms with van der Waals surface area (Å²) in [5, 5.41) is 3.29. The second kappa shape index (κ2) is 7.53. The Morgan fingerprint density at radius 3 is 2.69 bits per heavy atom. The SMILES string of the molecule is CCCCCC(C)NC(N)=NC1CCCC1. The summed E-state index contributed by atoms with van der Waals surface area (Å²) in [6.07, 6.45) is 10.1. The molecule has 3 nitrogen and oxygen atoms in total. The molecule has 1 fully saturated rings. The highest BCUT2D eigenvalue weighted by atomic mass is 15.1. The minimum atomic E-state index is 0.455. The van der Waals surface area contributed by atoms with Crippen molar-refractivity contribution in [1.29, 1.82) is 0 Å². The zero-order valence-corrected chi connectivity index (χ0v) is 10.8. The first-order valence-corrected chi connectivity index (χ1v) is 6.82. The first-order chi connectivity index (χ1) is 7.72. The van der Waals surface area contributed by atoms with Crippen LogP contribution in [0.2, 0.25) is 0 Å². The van der Waals surface area contributed by atoms with E-state index in [-0.39, 0.29) is 0 Å². The van der Waals surface area contributed by atoms with Crippen LogP contribution in [0.5, 0.6) is 0 Å². The van der Waals surface area contributed by atoms with Crippen molar-refractivity contribution in [3.63, 3.8) is 0 Å². The molecule has 1 atom stereocenters. The maximum Gasteiger partial charge on any atom is 0.189 e. The summed E-state index contributed by atoms with van der Waals surface area (Å²) < 4.78 is 0. The van der Waals surface area contributed by atoms with Gasteiger partial charge in [-0.1, -0.05) is 39.0 Å². The predicted molar refractivity (Wildman–Crippen MR) is 70.6 cm³/mol. The van der Waals surface area contributed by atoms with Crippen LogP contribution < -0.4 is 11.1 Å². The predicted octanol–water partition coefficient (Wildman–Crippen LogP) is 2.80. The highest BCUT2D eigenvalue weighted by Crippen LogP contribution is 2.20. The number of unbranched alkanes of at least 4 members (excludes halogenated alkanes) is 2. The Labute approximate surface area is 99.9 Å². The number of hydrogen-bond donors (Lipinski definition) is 2. The van der Waals surface area contributed by atoms with Gasteiger partial charge in [-0.05, 0) is 26.2 Å². The summed E-state index contributed by atoms with van der Waals surface area (Å²) in [7, 11) is 0. The van der Waals surface area contributed by atoms with Gasteiger partial charge in [0.2, 0.25) is 0 Å². The van der Waals surface area contributed by atoms with Gasteiger partial charge in [0.15, 0.2) is 5.96 Å². The molecule has 1 saturated carbocycles. The molecule has 0 saturated heterocycles. The van der Waals surface area contributed by atoms with Gasteiger partial charge in [-0.15, -0.1) is 0 Å². The molecule has 0 aromatic heterocycles. The summed E-state index contributed by atoms with van der Waals surface area (Å²) in [5.74, 6) is 0.649. The van der Waals surface area contributed by atoms with Crippen LogP contribution in [0, 0.1) is 0 Å². The van der Waals surface area contributed by atoms with Crippen LogP contribution >= 0.6 is 0 Å². The molecule has 16 heavy (non-hydrogen) atoms. The van der Waals surface area contributed by atoms with Gasteiger partial charge in [-0.25, -0.2) is 0 Å². The van der Waals surface area contributed by atoms with E-state index in [2.05, 4.69) is 24.2 Å². The Hall–Kier alpha value is -0.730. The van der Waals surface area contributed by atoms with E-state index in [0.29, 0.717) is 18.0 Å². The van der Waals surface area contributed by atoms with Crippen molar-refractivity contribution >= 4 is 5.96 Å². The maximum atomic E-state index is 5.90.